The summed E-state index contributed by atoms with van der Waals surface area (Å²) in [6.45, 7) is 2.47. The van der Waals surface area contributed by atoms with Crippen LogP contribution in [-0.2, 0) is 20.4 Å². The molecule has 4 saturated carbocycles. The van der Waals surface area contributed by atoms with E-state index in [2.05, 4.69) is 0 Å². The van der Waals surface area contributed by atoms with Crippen LogP contribution in [0, 0.1) is 11.8 Å². The molecule has 0 aromatic heterocycles. The molecule has 0 atom stereocenters. The van der Waals surface area contributed by atoms with Crippen LogP contribution in [0.5, 0.6) is 11.5 Å². The predicted molar refractivity (Wildman–Crippen MR) is 127 cm³/mol. The number of rotatable bonds is 6. The maximum atomic E-state index is 12.0. The lowest BCUT2D eigenvalue weighted by Gasteiger charge is -2.63. The van der Waals surface area contributed by atoms with Gasteiger partial charge in [0.25, 0.3) is 0 Å². The molecular formula is C28H28O8. The van der Waals surface area contributed by atoms with Crippen LogP contribution in [0.4, 0.5) is 0 Å². The van der Waals surface area contributed by atoms with Crippen molar-refractivity contribution in [3.8, 4) is 11.5 Å². The zero-order chi connectivity index (χ0) is 25.8. The van der Waals surface area contributed by atoms with Gasteiger partial charge in [0.1, 0.15) is 22.6 Å². The zero-order valence-electron chi connectivity index (χ0n) is 20.2. The molecule has 2 aromatic carbocycles. The largest absolute Gasteiger partial charge is 0.478 e. The van der Waals surface area contributed by atoms with Crippen molar-refractivity contribution in [2.75, 3.05) is 0 Å². The van der Waals surface area contributed by atoms with E-state index in [0.717, 1.165) is 49.7 Å². The van der Waals surface area contributed by atoms with E-state index in [1.807, 2.05) is 12.1 Å². The first-order chi connectivity index (χ1) is 17.0. The Morgan fingerprint density at radius 2 is 1.11 bits per heavy atom. The van der Waals surface area contributed by atoms with Crippen LogP contribution in [-0.4, -0.2) is 34.1 Å². The molecule has 188 valence electrons. The summed E-state index contributed by atoms with van der Waals surface area (Å²) in [5.74, 6) is -2.52. The number of carboxylic acids is 2. The lowest BCUT2D eigenvalue weighted by atomic mass is 9.41. The lowest BCUT2D eigenvalue weighted by Crippen LogP contribution is -2.56. The number of benzene rings is 2. The molecule has 0 amide bonds. The molecule has 36 heavy (non-hydrogen) atoms. The zero-order valence-corrected chi connectivity index (χ0v) is 20.2. The van der Waals surface area contributed by atoms with Gasteiger partial charge in [-0.3, -0.25) is 9.59 Å². The van der Waals surface area contributed by atoms with Gasteiger partial charge in [-0.25, -0.2) is 9.59 Å². The molecule has 2 aromatic rings. The molecule has 4 aliphatic carbocycles. The third-order valence-corrected chi connectivity index (χ3v) is 8.21. The maximum Gasteiger partial charge on any atom is 0.339 e. The second kappa shape index (κ2) is 8.47. The van der Waals surface area contributed by atoms with Crippen molar-refractivity contribution in [3.05, 3.63) is 58.7 Å². The molecule has 4 aliphatic rings. The van der Waals surface area contributed by atoms with Crippen LogP contribution in [0.1, 0.15) is 84.2 Å². The predicted octanol–water partition coefficient (Wildman–Crippen LogP) is 4.72. The Morgan fingerprint density at radius 3 is 1.44 bits per heavy atom. The molecule has 8 heteroatoms. The summed E-state index contributed by atoms with van der Waals surface area (Å²) >= 11 is 0. The van der Waals surface area contributed by atoms with Gasteiger partial charge in [-0.05, 0) is 96.6 Å². The second-order valence-corrected chi connectivity index (χ2v) is 10.7. The van der Waals surface area contributed by atoms with Gasteiger partial charge >= 0.3 is 23.9 Å². The van der Waals surface area contributed by atoms with Crippen molar-refractivity contribution >= 4 is 23.9 Å². The third kappa shape index (κ3) is 4.04. The number of esters is 2. The molecule has 0 saturated heterocycles. The molecule has 0 aliphatic heterocycles. The average Bonchev–Trinajstić information content (AvgIpc) is 2.77. The molecular weight excluding hydrogens is 464 g/mol. The number of aromatic carboxylic acids is 2. The lowest BCUT2D eigenvalue weighted by molar-refractivity contribution is -0.132. The Labute approximate surface area is 208 Å². The normalized spacial score (nSPS) is 27.9. The minimum Gasteiger partial charge on any atom is -0.478 e. The number of carboxylic acid groups (broad SMARTS) is 2. The molecule has 6 rings (SSSR count). The Morgan fingerprint density at radius 1 is 0.722 bits per heavy atom. The minimum atomic E-state index is -1.15. The van der Waals surface area contributed by atoms with E-state index in [-0.39, 0.29) is 33.5 Å². The van der Waals surface area contributed by atoms with Crippen LogP contribution < -0.4 is 9.47 Å². The SMILES string of the molecule is CC(=O)Oc1ccc(C23CC4CC(C2)CC(c2ccc(OC(C)=O)c(C(=O)O)c2)(C4)C3)cc1C(=O)O. The minimum absolute atomic E-state index is 0.0327. The van der Waals surface area contributed by atoms with E-state index in [0.29, 0.717) is 11.8 Å². The number of hydrogen-bond donors (Lipinski definition) is 2. The second-order valence-electron chi connectivity index (χ2n) is 10.7. The summed E-state index contributed by atoms with van der Waals surface area (Å²) < 4.78 is 10.3. The van der Waals surface area contributed by atoms with E-state index in [1.165, 1.54) is 13.8 Å². The highest BCUT2D eigenvalue weighted by molar-refractivity contribution is 5.93. The van der Waals surface area contributed by atoms with Gasteiger partial charge in [0, 0.05) is 13.8 Å². The molecule has 0 radical (unpaired) electrons. The highest BCUT2D eigenvalue weighted by Gasteiger charge is 2.58. The first-order valence-corrected chi connectivity index (χ1v) is 12.1. The summed E-state index contributed by atoms with van der Waals surface area (Å²) in [6.07, 6.45) is 5.63. The van der Waals surface area contributed by atoms with Gasteiger partial charge in [-0.1, -0.05) is 12.1 Å². The fourth-order valence-electron chi connectivity index (χ4n) is 7.48. The van der Waals surface area contributed by atoms with Gasteiger partial charge in [0.05, 0.1) is 0 Å². The third-order valence-electron chi connectivity index (χ3n) is 8.21. The first-order valence-electron chi connectivity index (χ1n) is 12.1. The maximum absolute atomic E-state index is 12.0. The van der Waals surface area contributed by atoms with Crippen LogP contribution >= 0.6 is 0 Å². The number of hydrogen-bond acceptors (Lipinski definition) is 6. The van der Waals surface area contributed by atoms with Crippen LogP contribution in [0.25, 0.3) is 0 Å². The number of carbonyl (C=O) groups is 4. The molecule has 8 nitrogen and oxygen atoms in total. The quantitative estimate of drug-likeness (QED) is 0.438. The number of carbonyl (C=O) groups excluding carboxylic acids is 2. The Kier molecular flexibility index (Phi) is 5.65. The summed E-state index contributed by atoms with van der Waals surface area (Å²) in [6, 6.07) is 10.2. The topological polar surface area (TPSA) is 127 Å². The molecule has 2 N–H and O–H groups in total. The van der Waals surface area contributed by atoms with E-state index in [9.17, 15) is 29.4 Å². The van der Waals surface area contributed by atoms with Crippen molar-refractivity contribution in [2.24, 2.45) is 11.8 Å². The van der Waals surface area contributed by atoms with Crippen molar-refractivity contribution in [1.82, 2.24) is 0 Å². The van der Waals surface area contributed by atoms with Crippen molar-refractivity contribution in [1.29, 1.82) is 0 Å². The smallest absolute Gasteiger partial charge is 0.339 e. The van der Waals surface area contributed by atoms with E-state index < -0.39 is 23.9 Å². The Bertz CT molecular complexity index is 1180. The van der Waals surface area contributed by atoms with Gasteiger partial charge in [-0.2, -0.15) is 0 Å². The summed E-state index contributed by atoms with van der Waals surface area (Å²) in [7, 11) is 0. The fourth-order valence-corrected chi connectivity index (χ4v) is 7.48. The molecule has 4 fully saturated rings. The summed E-state index contributed by atoms with van der Waals surface area (Å²) in [5.41, 5.74) is 1.27. The summed E-state index contributed by atoms with van der Waals surface area (Å²) in [5, 5.41) is 19.6. The van der Waals surface area contributed by atoms with E-state index in [1.54, 1.807) is 24.3 Å². The fraction of sp³-hybridized carbons (Fsp3) is 0.429. The summed E-state index contributed by atoms with van der Waals surface area (Å²) in [4.78, 5) is 46.9. The highest BCUT2D eigenvalue weighted by atomic mass is 16.5. The molecule has 0 heterocycles. The molecule has 0 spiro atoms. The first kappa shape index (κ1) is 24.0. The van der Waals surface area contributed by atoms with Crippen molar-refractivity contribution in [2.45, 2.75) is 63.2 Å². The van der Waals surface area contributed by atoms with Gasteiger partial charge < -0.3 is 19.7 Å². The van der Waals surface area contributed by atoms with E-state index >= 15 is 0 Å². The van der Waals surface area contributed by atoms with Gasteiger partial charge in [0.15, 0.2) is 0 Å². The van der Waals surface area contributed by atoms with Gasteiger partial charge in [0.2, 0.25) is 0 Å². The monoisotopic (exact) mass is 492 g/mol. The van der Waals surface area contributed by atoms with Crippen molar-refractivity contribution < 1.29 is 38.9 Å². The van der Waals surface area contributed by atoms with Crippen LogP contribution in [0.2, 0.25) is 0 Å². The van der Waals surface area contributed by atoms with Crippen LogP contribution in [0.3, 0.4) is 0 Å². The van der Waals surface area contributed by atoms with Gasteiger partial charge in [-0.15, -0.1) is 0 Å². The average molecular weight is 493 g/mol. The van der Waals surface area contributed by atoms with Crippen molar-refractivity contribution in [3.63, 3.8) is 0 Å². The van der Waals surface area contributed by atoms with E-state index in [4.69, 9.17) is 9.47 Å². The molecule has 0 unspecified atom stereocenters. The number of ether oxygens (including phenoxy) is 2. The van der Waals surface area contributed by atoms with Crippen LogP contribution in [0.15, 0.2) is 36.4 Å². The Balaban J connectivity index is 1.57. The molecule has 4 bridgehead atoms. The standard InChI is InChI=1S/C28H28O8/c1-15(29)35-23-5-3-19(8-21(23)25(31)32)27-10-17-7-18(11-27)13-28(12-17,14-27)20-4-6-24(36-16(2)30)22(9-20)26(33)34/h3-6,8-9,17-18H,7,10-14H2,1-2H3,(H,31,32)(H,33,34). The highest BCUT2D eigenvalue weighted by Crippen LogP contribution is 2.66. The Hall–Kier alpha value is -3.68.